The number of fused-ring (bicyclic) bond motifs is 4. The molecule has 2 heterocycles. The fourth-order valence-corrected chi connectivity index (χ4v) is 6.71. The fourth-order valence-electron chi connectivity index (χ4n) is 6.71. The van der Waals surface area contributed by atoms with Crippen LogP contribution >= 0.6 is 0 Å². The number of amides is 2. The van der Waals surface area contributed by atoms with Gasteiger partial charge in [-0.2, -0.15) is 0 Å². The number of ether oxygens (including phenoxy) is 3. The van der Waals surface area contributed by atoms with Gasteiger partial charge in [-0.05, 0) is 59.9 Å². The molecule has 3 N–H and O–H groups in total. The SMILES string of the molecule is COc1cc2c(c(OC)c1OC)-c1ccc(NCC(=O)N3CCN(Cc4nc5ccccc5c(=O)[nH]4)CC3)c(=O)cc1[C@H](NC(C)=O)CC2. The second-order valence-electron chi connectivity index (χ2n) is 12.1. The Kier molecular flexibility index (Phi) is 9.81. The zero-order chi connectivity index (χ0) is 34.7. The summed E-state index contributed by atoms with van der Waals surface area (Å²) in [6.45, 7) is 4.08. The van der Waals surface area contributed by atoms with E-state index >= 15 is 0 Å². The molecule has 0 radical (unpaired) electrons. The first-order valence-electron chi connectivity index (χ1n) is 16.2. The van der Waals surface area contributed by atoms with Crippen molar-refractivity contribution in [3.05, 3.63) is 86.1 Å². The molecule has 13 heteroatoms. The highest BCUT2D eigenvalue weighted by molar-refractivity contribution is 5.84. The number of piperazine rings is 1. The number of aryl methyl sites for hydroxylation is 1. The molecule has 1 aliphatic heterocycles. The number of benzene rings is 2. The number of nitrogens with zero attached hydrogens (tertiary/aromatic N) is 3. The zero-order valence-electron chi connectivity index (χ0n) is 28.1. The number of aromatic amines is 1. The molecule has 1 aromatic heterocycles. The Labute approximate surface area is 283 Å². The van der Waals surface area contributed by atoms with Gasteiger partial charge < -0.3 is 34.7 Å². The third-order valence-corrected chi connectivity index (χ3v) is 9.11. The van der Waals surface area contributed by atoms with Gasteiger partial charge in [-0.15, -0.1) is 0 Å². The predicted octanol–water partition coefficient (Wildman–Crippen LogP) is 2.86. The number of para-hydroxylation sites is 1. The maximum absolute atomic E-state index is 13.6. The lowest BCUT2D eigenvalue weighted by Crippen LogP contribution is -2.50. The van der Waals surface area contributed by atoms with Crippen LogP contribution < -0.4 is 35.8 Å². The number of hydrogen-bond acceptors (Lipinski definition) is 10. The van der Waals surface area contributed by atoms with Crippen molar-refractivity contribution < 1.29 is 23.8 Å². The maximum Gasteiger partial charge on any atom is 0.258 e. The average Bonchev–Trinajstić information content (AvgIpc) is 3.34. The first-order valence-corrected chi connectivity index (χ1v) is 16.2. The number of aromatic nitrogens is 2. The van der Waals surface area contributed by atoms with Crippen LogP contribution in [0.2, 0.25) is 0 Å². The molecule has 0 spiro atoms. The van der Waals surface area contributed by atoms with Gasteiger partial charge in [0.05, 0.1) is 57.1 Å². The second-order valence-corrected chi connectivity index (χ2v) is 12.1. The van der Waals surface area contributed by atoms with Crippen LogP contribution in [0.1, 0.15) is 36.3 Å². The van der Waals surface area contributed by atoms with E-state index in [0.29, 0.717) is 90.7 Å². The van der Waals surface area contributed by atoms with Crippen molar-refractivity contribution in [2.24, 2.45) is 0 Å². The lowest BCUT2D eigenvalue weighted by atomic mass is 9.95. The van der Waals surface area contributed by atoms with E-state index in [-0.39, 0.29) is 35.0 Å². The normalized spacial score (nSPS) is 15.8. The summed E-state index contributed by atoms with van der Waals surface area (Å²) < 4.78 is 17.1. The van der Waals surface area contributed by atoms with E-state index in [4.69, 9.17) is 14.2 Å². The molecule has 2 amide bonds. The van der Waals surface area contributed by atoms with Crippen LogP contribution in [-0.2, 0) is 22.6 Å². The highest BCUT2D eigenvalue weighted by atomic mass is 16.5. The minimum absolute atomic E-state index is 0.0659. The van der Waals surface area contributed by atoms with E-state index in [1.165, 1.54) is 20.1 Å². The number of hydrogen-bond donors (Lipinski definition) is 3. The standard InChI is InChI=1S/C36H40N6O7/c1-21(43)38-27-11-9-22-17-30(47-2)34(48-3)35(49-4)33(22)23-10-12-28(29(44)18-25(23)27)37-19-32(45)42-15-13-41(14-16-42)20-31-39-26-8-6-5-7-24(26)36(46)40-31/h5-8,10,12,17-18,27H,9,11,13-16,19-20H2,1-4H3,(H,37,44)(H,38,43)(H,39,40,46)/t27-/m1/s1. The van der Waals surface area contributed by atoms with Gasteiger partial charge >= 0.3 is 0 Å². The summed E-state index contributed by atoms with van der Waals surface area (Å²) in [7, 11) is 4.65. The quantitative estimate of drug-likeness (QED) is 0.243. The van der Waals surface area contributed by atoms with Gasteiger partial charge in [0.15, 0.2) is 11.5 Å². The number of methoxy groups -OCH3 is 3. The number of rotatable bonds is 9. The van der Waals surface area contributed by atoms with Gasteiger partial charge in [0.2, 0.25) is 23.0 Å². The van der Waals surface area contributed by atoms with Crippen LogP contribution in [0.15, 0.2) is 58.1 Å². The summed E-state index contributed by atoms with van der Waals surface area (Å²) >= 11 is 0. The molecule has 2 aliphatic rings. The summed E-state index contributed by atoms with van der Waals surface area (Å²) in [4.78, 5) is 63.0. The van der Waals surface area contributed by atoms with Crippen molar-refractivity contribution >= 4 is 28.4 Å². The van der Waals surface area contributed by atoms with Gasteiger partial charge in [-0.3, -0.25) is 24.1 Å². The van der Waals surface area contributed by atoms with Crippen molar-refractivity contribution in [1.29, 1.82) is 0 Å². The summed E-state index contributed by atoms with van der Waals surface area (Å²) in [5, 5.41) is 6.62. The van der Waals surface area contributed by atoms with E-state index in [0.717, 1.165) is 11.1 Å². The van der Waals surface area contributed by atoms with E-state index in [1.807, 2.05) is 30.3 Å². The number of carbonyl (C=O) groups excluding carboxylic acids is 2. The van der Waals surface area contributed by atoms with Crippen molar-refractivity contribution in [2.75, 3.05) is 59.4 Å². The first kappa shape index (κ1) is 33.5. The predicted molar refractivity (Wildman–Crippen MR) is 185 cm³/mol. The third kappa shape index (κ3) is 6.93. The summed E-state index contributed by atoms with van der Waals surface area (Å²) in [6, 6.07) is 13.7. The average molecular weight is 669 g/mol. The monoisotopic (exact) mass is 668 g/mol. The molecule has 6 rings (SSSR count). The van der Waals surface area contributed by atoms with Gasteiger partial charge in [-0.1, -0.05) is 18.2 Å². The number of anilines is 1. The van der Waals surface area contributed by atoms with Crippen LogP contribution in [-0.4, -0.2) is 85.6 Å². The number of H-pyrrole nitrogens is 1. The molecular formula is C36H40N6O7. The van der Waals surface area contributed by atoms with Crippen LogP contribution in [0.25, 0.3) is 22.0 Å². The number of nitrogens with one attached hydrogen (secondary N) is 3. The van der Waals surface area contributed by atoms with Crippen LogP contribution in [0, 0.1) is 0 Å². The number of carbonyl (C=O) groups is 2. The first-order chi connectivity index (χ1) is 23.7. The van der Waals surface area contributed by atoms with Crippen molar-refractivity contribution in [1.82, 2.24) is 25.1 Å². The summed E-state index contributed by atoms with van der Waals surface area (Å²) in [6.07, 6.45) is 1.13. The minimum atomic E-state index is -0.435. The van der Waals surface area contributed by atoms with Gasteiger partial charge in [0.1, 0.15) is 5.82 Å². The Hall–Kier alpha value is -5.43. The smallest absolute Gasteiger partial charge is 0.258 e. The highest BCUT2D eigenvalue weighted by Crippen LogP contribution is 2.50. The minimum Gasteiger partial charge on any atom is -0.493 e. The Bertz CT molecular complexity index is 2020. The molecule has 4 aromatic rings. The summed E-state index contributed by atoms with van der Waals surface area (Å²) in [5.74, 6) is 1.64. The van der Waals surface area contributed by atoms with Crippen molar-refractivity contribution in [2.45, 2.75) is 32.4 Å². The highest BCUT2D eigenvalue weighted by Gasteiger charge is 2.30. The molecule has 0 saturated carbocycles. The molecule has 1 atom stereocenters. The van der Waals surface area contributed by atoms with E-state index in [2.05, 4.69) is 25.5 Å². The fraction of sp³-hybridized carbons (Fsp3) is 0.361. The third-order valence-electron chi connectivity index (χ3n) is 9.11. The lowest BCUT2D eigenvalue weighted by molar-refractivity contribution is -0.131. The molecular weight excluding hydrogens is 628 g/mol. The Balaban J connectivity index is 1.19. The van der Waals surface area contributed by atoms with E-state index in [1.54, 1.807) is 31.3 Å². The van der Waals surface area contributed by atoms with Crippen molar-refractivity contribution in [3.8, 4) is 28.4 Å². The topological polar surface area (TPSA) is 155 Å². The Morgan fingerprint density at radius 2 is 1.71 bits per heavy atom. The summed E-state index contributed by atoms with van der Waals surface area (Å²) in [5.41, 5.74) is 3.45. The van der Waals surface area contributed by atoms with E-state index in [9.17, 15) is 19.2 Å². The molecule has 1 saturated heterocycles. The maximum atomic E-state index is 13.6. The van der Waals surface area contributed by atoms with Crippen LogP contribution in [0.3, 0.4) is 0 Å². The van der Waals surface area contributed by atoms with Gasteiger partial charge in [0, 0.05) is 38.7 Å². The molecule has 256 valence electrons. The molecule has 0 bridgehead atoms. The lowest BCUT2D eigenvalue weighted by Gasteiger charge is -2.34. The van der Waals surface area contributed by atoms with Crippen molar-refractivity contribution in [3.63, 3.8) is 0 Å². The molecule has 1 aliphatic carbocycles. The van der Waals surface area contributed by atoms with E-state index < -0.39 is 6.04 Å². The molecule has 49 heavy (non-hydrogen) atoms. The Morgan fingerprint density at radius 1 is 0.959 bits per heavy atom. The zero-order valence-corrected chi connectivity index (χ0v) is 28.1. The molecule has 0 unspecified atom stereocenters. The molecule has 1 fully saturated rings. The van der Waals surface area contributed by atoms with Gasteiger partial charge in [0.25, 0.3) is 5.56 Å². The van der Waals surface area contributed by atoms with Gasteiger partial charge in [-0.25, -0.2) is 4.98 Å². The van der Waals surface area contributed by atoms with Crippen LogP contribution in [0.5, 0.6) is 17.2 Å². The second kappa shape index (κ2) is 14.4. The Morgan fingerprint density at radius 3 is 2.43 bits per heavy atom. The molecule has 13 nitrogen and oxygen atoms in total. The largest absolute Gasteiger partial charge is 0.493 e. The molecule has 3 aromatic carbocycles. The van der Waals surface area contributed by atoms with Crippen LogP contribution in [0.4, 0.5) is 5.69 Å².